The van der Waals surface area contributed by atoms with Gasteiger partial charge in [0.05, 0.1) is 18.5 Å². The van der Waals surface area contributed by atoms with Gasteiger partial charge in [0.15, 0.2) is 11.5 Å². The van der Waals surface area contributed by atoms with Crippen LogP contribution in [0.15, 0.2) is 70.1 Å². The standard InChI is InChI=1S/C22H21N3O2S/c1-15(2)11-23-22-25(19(13-28-22)18-7-4-16(3)5-8-18)24-12-17-6-9-20-21(10-17)27-14-26-20/h4-10,12-13H,1,11,14H2,2-3H3. The van der Waals surface area contributed by atoms with Crippen molar-refractivity contribution in [2.24, 2.45) is 10.1 Å². The van der Waals surface area contributed by atoms with Gasteiger partial charge in [0.2, 0.25) is 11.6 Å². The first-order chi connectivity index (χ1) is 13.6. The molecule has 2 aromatic carbocycles. The summed E-state index contributed by atoms with van der Waals surface area (Å²) in [4.78, 5) is 5.49. The third-order valence-corrected chi connectivity index (χ3v) is 5.09. The van der Waals surface area contributed by atoms with Crippen molar-refractivity contribution < 1.29 is 9.47 Å². The number of aryl methyl sites for hydroxylation is 1. The number of thiazole rings is 1. The van der Waals surface area contributed by atoms with Gasteiger partial charge in [-0.2, -0.15) is 5.10 Å². The second-order valence-corrected chi connectivity index (χ2v) is 7.55. The van der Waals surface area contributed by atoms with E-state index in [0.29, 0.717) is 6.54 Å². The summed E-state index contributed by atoms with van der Waals surface area (Å²) in [5, 5.41) is 6.80. The second-order valence-electron chi connectivity index (χ2n) is 6.71. The van der Waals surface area contributed by atoms with Crippen molar-refractivity contribution in [1.82, 2.24) is 4.68 Å². The molecule has 0 aliphatic carbocycles. The molecule has 4 rings (SSSR count). The highest BCUT2D eigenvalue weighted by Gasteiger charge is 2.13. The van der Waals surface area contributed by atoms with Crippen LogP contribution >= 0.6 is 11.3 Å². The molecule has 2 heterocycles. The van der Waals surface area contributed by atoms with Gasteiger partial charge in [0, 0.05) is 10.9 Å². The average Bonchev–Trinajstić information content (AvgIpc) is 3.31. The van der Waals surface area contributed by atoms with Crippen LogP contribution in [0.3, 0.4) is 0 Å². The molecule has 1 aromatic heterocycles. The lowest BCUT2D eigenvalue weighted by Gasteiger charge is -2.04. The van der Waals surface area contributed by atoms with Crippen LogP contribution in [0, 0.1) is 6.92 Å². The van der Waals surface area contributed by atoms with Crippen LogP contribution in [0.5, 0.6) is 11.5 Å². The average molecular weight is 391 g/mol. The molecule has 0 amide bonds. The van der Waals surface area contributed by atoms with Crippen molar-refractivity contribution in [3.63, 3.8) is 0 Å². The molecule has 0 radical (unpaired) electrons. The van der Waals surface area contributed by atoms with Gasteiger partial charge in [-0.3, -0.25) is 4.99 Å². The second kappa shape index (κ2) is 7.86. The van der Waals surface area contributed by atoms with Crippen molar-refractivity contribution in [1.29, 1.82) is 0 Å². The normalized spacial score (nSPS) is 13.4. The molecule has 5 nitrogen and oxygen atoms in total. The SMILES string of the molecule is C=C(C)CN=c1scc(-c2ccc(C)cc2)n1N=Cc1ccc2c(c1)OCO2. The van der Waals surface area contributed by atoms with Crippen molar-refractivity contribution in [3.8, 4) is 22.8 Å². The highest BCUT2D eigenvalue weighted by Crippen LogP contribution is 2.32. The molecule has 6 heteroatoms. The zero-order valence-corrected chi connectivity index (χ0v) is 16.7. The molecule has 0 atom stereocenters. The van der Waals surface area contributed by atoms with Crippen LogP contribution in [-0.2, 0) is 0 Å². The van der Waals surface area contributed by atoms with E-state index in [1.165, 1.54) is 5.56 Å². The third kappa shape index (κ3) is 3.92. The highest BCUT2D eigenvalue weighted by molar-refractivity contribution is 7.07. The maximum absolute atomic E-state index is 5.45. The third-order valence-electron chi connectivity index (χ3n) is 4.24. The van der Waals surface area contributed by atoms with Gasteiger partial charge in [-0.05, 0) is 37.6 Å². The van der Waals surface area contributed by atoms with Crippen LogP contribution in [0.4, 0.5) is 0 Å². The molecule has 0 fully saturated rings. The van der Waals surface area contributed by atoms with Crippen molar-refractivity contribution in [3.05, 3.63) is 75.9 Å². The number of hydrogen-bond acceptors (Lipinski definition) is 5. The first kappa shape index (κ1) is 18.3. The molecule has 0 spiro atoms. The molecular weight excluding hydrogens is 370 g/mol. The minimum atomic E-state index is 0.261. The lowest BCUT2D eigenvalue weighted by atomic mass is 10.1. The number of ether oxygens (including phenoxy) is 2. The molecule has 28 heavy (non-hydrogen) atoms. The highest BCUT2D eigenvalue weighted by atomic mass is 32.1. The fourth-order valence-corrected chi connectivity index (χ4v) is 3.60. The largest absolute Gasteiger partial charge is 0.454 e. The Morgan fingerprint density at radius 2 is 1.96 bits per heavy atom. The topological polar surface area (TPSA) is 48.1 Å². The molecule has 0 saturated carbocycles. The van der Waals surface area contributed by atoms with Gasteiger partial charge >= 0.3 is 0 Å². The van der Waals surface area contributed by atoms with Crippen LogP contribution < -0.4 is 14.3 Å². The lowest BCUT2D eigenvalue weighted by molar-refractivity contribution is 0.174. The van der Waals surface area contributed by atoms with E-state index in [1.807, 2.05) is 36.0 Å². The van der Waals surface area contributed by atoms with E-state index in [4.69, 9.17) is 14.6 Å². The first-order valence-electron chi connectivity index (χ1n) is 8.96. The molecule has 0 unspecified atom stereocenters. The zero-order chi connectivity index (χ0) is 19.5. The Bertz CT molecular complexity index is 1110. The number of fused-ring (bicyclic) bond motifs is 1. The Balaban J connectivity index is 1.74. The molecule has 1 aliphatic heterocycles. The minimum Gasteiger partial charge on any atom is -0.454 e. The van der Waals surface area contributed by atoms with E-state index >= 15 is 0 Å². The van der Waals surface area contributed by atoms with E-state index in [2.05, 4.69) is 48.1 Å². The van der Waals surface area contributed by atoms with Gasteiger partial charge in [-0.1, -0.05) is 42.0 Å². The Hall–Kier alpha value is -3.12. The Labute approximate surface area is 167 Å². The van der Waals surface area contributed by atoms with E-state index < -0.39 is 0 Å². The van der Waals surface area contributed by atoms with E-state index in [-0.39, 0.29) is 6.79 Å². The summed E-state index contributed by atoms with van der Waals surface area (Å²) in [6.07, 6.45) is 1.81. The van der Waals surface area contributed by atoms with Crippen molar-refractivity contribution in [2.45, 2.75) is 13.8 Å². The van der Waals surface area contributed by atoms with Crippen LogP contribution in [0.25, 0.3) is 11.3 Å². The minimum absolute atomic E-state index is 0.261. The number of nitrogens with zero attached hydrogens (tertiary/aromatic N) is 3. The van der Waals surface area contributed by atoms with Crippen molar-refractivity contribution >= 4 is 17.6 Å². The fourth-order valence-electron chi connectivity index (χ4n) is 2.76. The first-order valence-corrected chi connectivity index (χ1v) is 9.84. The number of hydrogen-bond donors (Lipinski definition) is 0. The van der Waals surface area contributed by atoms with Crippen LogP contribution in [0.2, 0.25) is 0 Å². The summed E-state index contributed by atoms with van der Waals surface area (Å²) in [7, 11) is 0. The monoisotopic (exact) mass is 391 g/mol. The molecule has 0 bridgehead atoms. The van der Waals surface area contributed by atoms with Gasteiger partial charge in [-0.15, -0.1) is 11.3 Å². The van der Waals surface area contributed by atoms with Gasteiger partial charge < -0.3 is 9.47 Å². The quantitative estimate of drug-likeness (QED) is 0.471. The number of rotatable bonds is 5. The molecule has 142 valence electrons. The smallest absolute Gasteiger partial charge is 0.231 e. The number of benzene rings is 2. The van der Waals surface area contributed by atoms with Crippen LogP contribution in [-0.4, -0.2) is 24.2 Å². The molecule has 3 aromatic rings. The summed E-state index contributed by atoms with van der Waals surface area (Å²) < 4.78 is 12.7. The van der Waals surface area contributed by atoms with E-state index in [0.717, 1.165) is 38.7 Å². The maximum atomic E-state index is 5.45. The van der Waals surface area contributed by atoms with E-state index in [9.17, 15) is 0 Å². The Kier molecular flexibility index (Phi) is 5.12. The van der Waals surface area contributed by atoms with Crippen molar-refractivity contribution in [2.75, 3.05) is 13.3 Å². The zero-order valence-electron chi connectivity index (χ0n) is 15.9. The summed E-state index contributed by atoms with van der Waals surface area (Å²) in [5.41, 5.74) is 5.27. The van der Waals surface area contributed by atoms with Gasteiger partial charge in [0.25, 0.3) is 0 Å². The molecule has 0 N–H and O–H groups in total. The van der Waals surface area contributed by atoms with Gasteiger partial charge in [-0.25, -0.2) is 4.68 Å². The maximum Gasteiger partial charge on any atom is 0.231 e. The van der Waals surface area contributed by atoms with E-state index in [1.54, 1.807) is 11.3 Å². The molecule has 1 aliphatic rings. The molecular formula is C22H21N3O2S. The summed E-state index contributed by atoms with van der Waals surface area (Å²) in [6, 6.07) is 14.2. The predicted octanol–water partition coefficient (Wildman–Crippen LogP) is 4.61. The molecule has 0 saturated heterocycles. The van der Waals surface area contributed by atoms with Crippen LogP contribution in [0.1, 0.15) is 18.1 Å². The number of aromatic nitrogens is 1. The lowest BCUT2D eigenvalue weighted by Crippen LogP contribution is -2.13. The van der Waals surface area contributed by atoms with Gasteiger partial charge in [0.1, 0.15) is 0 Å². The summed E-state index contributed by atoms with van der Waals surface area (Å²) in [6.45, 7) is 8.83. The summed E-state index contributed by atoms with van der Waals surface area (Å²) in [5.74, 6) is 1.50. The Morgan fingerprint density at radius 3 is 2.75 bits per heavy atom. The summed E-state index contributed by atoms with van der Waals surface area (Å²) >= 11 is 1.57. The Morgan fingerprint density at radius 1 is 1.18 bits per heavy atom. The fraction of sp³-hybridized carbons (Fsp3) is 0.182. The predicted molar refractivity (Wildman–Crippen MR) is 113 cm³/mol.